The molecule has 10 heteroatoms. The largest absolute Gasteiger partial charge is 0.507 e. The van der Waals surface area contributed by atoms with Gasteiger partial charge in [0.2, 0.25) is 5.91 Å². The molecule has 0 bridgehead atoms. The molecule has 0 heterocycles. The molecule has 0 aromatic heterocycles. The van der Waals surface area contributed by atoms with Gasteiger partial charge in [-0.05, 0) is 43.1 Å². The van der Waals surface area contributed by atoms with Gasteiger partial charge in [0, 0.05) is 11.5 Å². The van der Waals surface area contributed by atoms with Gasteiger partial charge in [0.1, 0.15) is 5.75 Å². The second-order valence-electron chi connectivity index (χ2n) is 11.8. The van der Waals surface area contributed by atoms with Crippen LogP contribution >= 0.6 is 0 Å². The monoisotopic (exact) mass is 574 g/mol. The van der Waals surface area contributed by atoms with Crippen molar-refractivity contribution >= 4 is 41.2 Å². The third kappa shape index (κ3) is 4.08. The Bertz CT molecular complexity index is 1540. The second-order valence-corrected chi connectivity index (χ2v) is 11.8. The Morgan fingerprint density at radius 1 is 1.02 bits per heavy atom. The summed E-state index contributed by atoms with van der Waals surface area (Å²) in [6.45, 7) is 3.73. The highest BCUT2D eigenvalue weighted by atomic mass is 16.3. The number of likely N-dealkylation sites (N-methyl/N-ethyl adjacent to an activating group) is 1. The van der Waals surface area contributed by atoms with Crippen molar-refractivity contribution in [1.82, 2.24) is 4.90 Å². The van der Waals surface area contributed by atoms with E-state index in [-0.39, 0.29) is 11.3 Å². The van der Waals surface area contributed by atoms with Crippen LogP contribution in [0.25, 0.3) is 12.2 Å². The molecule has 42 heavy (non-hydrogen) atoms. The number of nitrogens with two attached hydrogens (primary N) is 1. The minimum Gasteiger partial charge on any atom is -0.507 e. The van der Waals surface area contributed by atoms with E-state index in [9.17, 15) is 39.3 Å². The number of Topliss-reactive ketones (excluding diaryl/α,β-unsaturated/α-hetero) is 4. The van der Waals surface area contributed by atoms with Crippen LogP contribution in [0.2, 0.25) is 0 Å². The molecular weight excluding hydrogens is 540 g/mol. The quantitative estimate of drug-likeness (QED) is 0.301. The van der Waals surface area contributed by atoms with Crippen molar-refractivity contribution in [3.63, 3.8) is 0 Å². The molecule has 5 N–H and O–H groups in total. The van der Waals surface area contributed by atoms with E-state index in [0.29, 0.717) is 11.1 Å². The average Bonchev–Trinajstić information content (AvgIpc) is 2.94. The fourth-order valence-electron chi connectivity index (χ4n) is 7.19. The van der Waals surface area contributed by atoms with Gasteiger partial charge in [-0.3, -0.25) is 28.9 Å². The van der Waals surface area contributed by atoms with Crippen molar-refractivity contribution in [2.45, 2.75) is 43.9 Å². The molecule has 2 fully saturated rings. The number of ketones is 4. The van der Waals surface area contributed by atoms with E-state index in [0.717, 1.165) is 12.0 Å². The van der Waals surface area contributed by atoms with Crippen molar-refractivity contribution in [2.24, 2.45) is 29.4 Å². The first-order chi connectivity index (χ1) is 19.8. The third-order valence-corrected chi connectivity index (χ3v) is 9.36. The standard InChI is InChI=1S/C32H34N2O8/c1-5-15-6-8-16(9-7-15)10-11-17-12-13-18-14(2)19-21(26(36)20(18)25(17)35)29(39)32(42)23(27(19)37)24(34(3)4)28(38)22(30(32)40)31(33)41/h6-14,19,21-24,27,35,37,42H,5H2,1-4H3,(H2,33,41)/b11-10+. The number of phenols is 1. The number of phenolic OH excluding ortho intramolecular Hbond substituents is 1. The van der Waals surface area contributed by atoms with E-state index in [2.05, 4.69) is 0 Å². The summed E-state index contributed by atoms with van der Waals surface area (Å²) in [6.07, 6.45) is 2.64. The van der Waals surface area contributed by atoms with E-state index < -0.39 is 76.4 Å². The Hall–Kier alpha value is -3.99. The minimum absolute atomic E-state index is 0.134. The van der Waals surface area contributed by atoms with Crippen LogP contribution in [-0.4, -0.2) is 81.1 Å². The molecule has 0 saturated heterocycles. The van der Waals surface area contributed by atoms with Crippen LogP contribution in [0.1, 0.15) is 52.4 Å². The first kappa shape index (κ1) is 29.5. The van der Waals surface area contributed by atoms with Crippen molar-refractivity contribution in [1.29, 1.82) is 0 Å². The summed E-state index contributed by atoms with van der Waals surface area (Å²) in [7, 11) is 2.91. The van der Waals surface area contributed by atoms with Crippen molar-refractivity contribution in [3.8, 4) is 5.75 Å². The second kappa shape index (κ2) is 10.4. The summed E-state index contributed by atoms with van der Waals surface area (Å²) in [5, 5.41) is 34.7. The third-order valence-electron chi connectivity index (χ3n) is 9.36. The van der Waals surface area contributed by atoms with Crippen LogP contribution in [0.15, 0.2) is 36.4 Å². The number of aliphatic hydroxyl groups is 2. The molecule has 220 valence electrons. The Morgan fingerprint density at radius 3 is 2.24 bits per heavy atom. The van der Waals surface area contributed by atoms with Crippen LogP contribution in [0, 0.1) is 23.7 Å². The molecule has 0 radical (unpaired) electrons. The molecule has 3 aliphatic carbocycles. The average molecular weight is 575 g/mol. The maximum absolute atomic E-state index is 14.1. The Labute approximate surface area is 242 Å². The molecule has 0 aliphatic heterocycles. The number of hydrogen-bond acceptors (Lipinski definition) is 9. The van der Waals surface area contributed by atoms with E-state index in [1.165, 1.54) is 24.6 Å². The van der Waals surface area contributed by atoms with Gasteiger partial charge < -0.3 is 21.1 Å². The van der Waals surface area contributed by atoms with Crippen molar-refractivity contribution in [2.75, 3.05) is 14.1 Å². The molecule has 1 amide bonds. The van der Waals surface area contributed by atoms with Gasteiger partial charge in [-0.25, -0.2) is 0 Å². The van der Waals surface area contributed by atoms with Crippen LogP contribution in [0.5, 0.6) is 5.75 Å². The number of carbonyl (C=O) groups excluding carboxylic acids is 5. The zero-order valence-electron chi connectivity index (χ0n) is 23.8. The van der Waals surface area contributed by atoms with Crippen LogP contribution < -0.4 is 5.73 Å². The van der Waals surface area contributed by atoms with Crippen LogP contribution in [0.4, 0.5) is 0 Å². The number of rotatable bonds is 5. The number of fused-ring (bicyclic) bond motifs is 3. The number of benzene rings is 2. The topological polar surface area (TPSA) is 175 Å². The van der Waals surface area contributed by atoms with E-state index in [1.54, 1.807) is 31.2 Å². The minimum atomic E-state index is -3.02. The number of aliphatic hydroxyl groups excluding tert-OH is 1. The SMILES string of the molecule is CCc1ccc(/C=C/c2ccc3c(c2O)C(=O)C2C(=O)C4(O)C(=O)C(C(N)=O)C(=O)C(N(C)C)C4C(O)C2C3C)cc1. The van der Waals surface area contributed by atoms with E-state index >= 15 is 0 Å². The predicted octanol–water partition coefficient (Wildman–Crippen LogP) is 1.13. The number of carbonyl (C=O) groups is 5. The summed E-state index contributed by atoms with van der Waals surface area (Å²) in [5.74, 6) is -13.4. The van der Waals surface area contributed by atoms with Gasteiger partial charge >= 0.3 is 0 Å². The molecule has 2 aromatic rings. The molecule has 10 nitrogen and oxygen atoms in total. The van der Waals surface area contributed by atoms with Gasteiger partial charge in [0.25, 0.3) is 0 Å². The van der Waals surface area contributed by atoms with Crippen molar-refractivity contribution < 1.29 is 39.3 Å². The summed E-state index contributed by atoms with van der Waals surface area (Å²) in [6, 6.07) is 9.70. The molecular formula is C32H34N2O8. The summed E-state index contributed by atoms with van der Waals surface area (Å²) in [4.78, 5) is 68.2. The maximum atomic E-state index is 14.1. The smallest absolute Gasteiger partial charge is 0.235 e. The molecule has 3 aliphatic rings. The molecule has 5 rings (SSSR count). The molecule has 0 spiro atoms. The highest BCUT2D eigenvalue weighted by molar-refractivity contribution is 6.32. The van der Waals surface area contributed by atoms with Crippen LogP contribution in [-0.2, 0) is 25.6 Å². The lowest BCUT2D eigenvalue weighted by Crippen LogP contribution is -2.77. The number of nitrogens with zero attached hydrogens (tertiary/aromatic N) is 1. The first-order valence-electron chi connectivity index (χ1n) is 13.9. The Morgan fingerprint density at radius 2 is 1.67 bits per heavy atom. The van der Waals surface area contributed by atoms with Gasteiger partial charge in [0.15, 0.2) is 34.7 Å². The first-order valence-corrected chi connectivity index (χ1v) is 13.9. The number of aryl methyl sites for hydroxylation is 1. The van der Waals surface area contributed by atoms with E-state index in [4.69, 9.17) is 5.73 Å². The highest BCUT2D eigenvalue weighted by Crippen LogP contribution is 2.54. The molecule has 2 aromatic carbocycles. The van der Waals surface area contributed by atoms with Gasteiger partial charge in [-0.2, -0.15) is 0 Å². The number of amides is 1. The zero-order chi connectivity index (χ0) is 30.8. The zero-order valence-corrected chi connectivity index (χ0v) is 23.8. The normalized spacial score (nSPS) is 32.6. The van der Waals surface area contributed by atoms with E-state index in [1.807, 2.05) is 31.2 Å². The van der Waals surface area contributed by atoms with Gasteiger partial charge in [-0.15, -0.1) is 0 Å². The Kier molecular flexibility index (Phi) is 7.29. The molecule has 2 saturated carbocycles. The number of primary amides is 1. The lowest BCUT2D eigenvalue weighted by atomic mass is 9.49. The maximum Gasteiger partial charge on any atom is 0.235 e. The lowest BCUT2D eigenvalue weighted by Gasteiger charge is -2.56. The fraction of sp³-hybridized carbons (Fsp3) is 0.406. The molecule has 8 unspecified atom stereocenters. The summed E-state index contributed by atoms with van der Waals surface area (Å²) >= 11 is 0. The fourth-order valence-corrected chi connectivity index (χ4v) is 7.19. The highest BCUT2D eigenvalue weighted by Gasteiger charge is 2.72. The van der Waals surface area contributed by atoms with Crippen molar-refractivity contribution in [3.05, 3.63) is 64.2 Å². The van der Waals surface area contributed by atoms with Gasteiger partial charge in [-0.1, -0.05) is 62.4 Å². The Balaban J connectivity index is 1.61. The van der Waals surface area contributed by atoms with Crippen LogP contribution in [0.3, 0.4) is 0 Å². The summed E-state index contributed by atoms with van der Waals surface area (Å²) < 4.78 is 0. The number of aromatic hydroxyl groups is 1. The van der Waals surface area contributed by atoms with Gasteiger partial charge in [0.05, 0.1) is 29.5 Å². The lowest BCUT2D eigenvalue weighted by molar-refractivity contribution is -0.196. The molecule has 8 atom stereocenters. The predicted molar refractivity (Wildman–Crippen MR) is 152 cm³/mol. The number of hydrogen-bond donors (Lipinski definition) is 4. The summed E-state index contributed by atoms with van der Waals surface area (Å²) in [5.41, 5.74) is 4.94.